The third-order valence-electron chi connectivity index (χ3n) is 2.91. The van der Waals surface area contributed by atoms with Crippen LogP contribution in [0.15, 0.2) is 24.3 Å². The van der Waals surface area contributed by atoms with Gasteiger partial charge in [-0.05, 0) is 30.5 Å². The Morgan fingerprint density at radius 2 is 1.75 bits per heavy atom. The Balaban J connectivity index is 1.78. The first-order chi connectivity index (χ1) is 9.54. The van der Waals surface area contributed by atoms with Crippen molar-refractivity contribution in [1.29, 1.82) is 0 Å². The predicted molar refractivity (Wildman–Crippen MR) is 73.5 cm³/mol. The van der Waals surface area contributed by atoms with Crippen molar-refractivity contribution in [2.24, 2.45) is 5.92 Å². The van der Waals surface area contributed by atoms with E-state index < -0.39 is 0 Å². The molecule has 1 aromatic carbocycles. The maximum absolute atomic E-state index is 11.6. The Morgan fingerprint density at radius 3 is 2.30 bits per heavy atom. The average Bonchev–Trinajstić information content (AvgIpc) is 3.22. The molecule has 1 aromatic rings. The number of hydrogen-bond acceptors (Lipinski definition) is 3. The van der Waals surface area contributed by atoms with E-state index in [2.05, 4.69) is 16.2 Å². The molecule has 2 rings (SSSR count). The van der Waals surface area contributed by atoms with Gasteiger partial charge in [0, 0.05) is 18.5 Å². The topological polar surface area (TPSA) is 87.3 Å². The highest BCUT2D eigenvalue weighted by Gasteiger charge is 2.29. The van der Waals surface area contributed by atoms with Gasteiger partial charge < -0.3 is 5.32 Å². The van der Waals surface area contributed by atoms with E-state index in [1.54, 1.807) is 24.3 Å². The Hall–Kier alpha value is -2.37. The second kappa shape index (κ2) is 6.18. The van der Waals surface area contributed by atoms with E-state index in [0.29, 0.717) is 5.69 Å². The Bertz CT molecular complexity index is 521. The highest BCUT2D eigenvalue weighted by Crippen LogP contribution is 2.28. The number of benzene rings is 1. The fourth-order valence-electron chi connectivity index (χ4n) is 1.72. The van der Waals surface area contributed by atoms with Crippen LogP contribution in [0.3, 0.4) is 0 Å². The largest absolute Gasteiger partial charge is 0.326 e. The smallest absolute Gasteiger partial charge is 0.242 e. The van der Waals surface area contributed by atoms with Crippen LogP contribution in [0.5, 0.6) is 0 Å². The summed E-state index contributed by atoms with van der Waals surface area (Å²) >= 11 is 0. The van der Waals surface area contributed by atoms with Crippen LogP contribution in [0.25, 0.3) is 0 Å². The highest BCUT2D eigenvalue weighted by atomic mass is 16.2. The van der Waals surface area contributed by atoms with Crippen LogP contribution in [-0.4, -0.2) is 17.7 Å². The van der Waals surface area contributed by atoms with Gasteiger partial charge in [0.15, 0.2) is 0 Å². The summed E-state index contributed by atoms with van der Waals surface area (Å²) in [5.74, 6) is -0.476. The molecule has 1 saturated carbocycles. The molecule has 6 heteroatoms. The lowest BCUT2D eigenvalue weighted by Crippen LogP contribution is -2.43. The highest BCUT2D eigenvalue weighted by molar-refractivity contribution is 5.89. The van der Waals surface area contributed by atoms with E-state index in [-0.39, 0.29) is 30.1 Å². The summed E-state index contributed by atoms with van der Waals surface area (Å²) in [6.45, 7) is 1.43. The minimum atomic E-state index is -0.272. The van der Waals surface area contributed by atoms with Crippen LogP contribution in [0.2, 0.25) is 0 Å². The number of carbonyl (C=O) groups excluding carboxylic acids is 3. The zero-order chi connectivity index (χ0) is 14.5. The molecule has 1 aliphatic rings. The number of rotatable bonds is 4. The van der Waals surface area contributed by atoms with Crippen LogP contribution >= 0.6 is 0 Å². The fraction of sp³-hybridized carbons (Fsp3) is 0.357. The van der Waals surface area contributed by atoms with Gasteiger partial charge in [-0.3, -0.25) is 25.2 Å². The molecule has 0 atom stereocenters. The van der Waals surface area contributed by atoms with E-state index in [1.165, 1.54) is 6.92 Å². The molecule has 3 N–H and O–H groups in total. The Labute approximate surface area is 116 Å². The molecule has 0 saturated heterocycles. The zero-order valence-corrected chi connectivity index (χ0v) is 11.2. The van der Waals surface area contributed by atoms with Gasteiger partial charge in [-0.2, -0.15) is 0 Å². The number of hydrazine groups is 1. The SMILES string of the molecule is CC(=O)Nc1ccc(CC(=O)NNC(=O)C2CC2)cc1. The summed E-state index contributed by atoms with van der Waals surface area (Å²) in [6, 6.07) is 6.97. The molecule has 20 heavy (non-hydrogen) atoms. The number of anilines is 1. The Kier molecular flexibility index (Phi) is 4.34. The van der Waals surface area contributed by atoms with Gasteiger partial charge in [0.1, 0.15) is 0 Å². The maximum atomic E-state index is 11.6. The molecule has 1 fully saturated rings. The first-order valence-electron chi connectivity index (χ1n) is 6.50. The van der Waals surface area contributed by atoms with Crippen LogP contribution < -0.4 is 16.2 Å². The molecule has 0 unspecified atom stereocenters. The van der Waals surface area contributed by atoms with E-state index >= 15 is 0 Å². The quantitative estimate of drug-likeness (QED) is 0.708. The number of amides is 3. The molecule has 3 amide bonds. The molecular weight excluding hydrogens is 258 g/mol. The summed E-state index contributed by atoms with van der Waals surface area (Å²) in [4.78, 5) is 33.8. The normalized spacial score (nSPS) is 13.4. The fourth-order valence-corrected chi connectivity index (χ4v) is 1.72. The molecule has 0 heterocycles. The molecule has 0 spiro atoms. The monoisotopic (exact) mass is 275 g/mol. The third-order valence-corrected chi connectivity index (χ3v) is 2.91. The molecule has 0 radical (unpaired) electrons. The number of nitrogens with one attached hydrogen (secondary N) is 3. The van der Waals surface area contributed by atoms with Crippen molar-refractivity contribution >= 4 is 23.4 Å². The van der Waals surface area contributed by atoms with Gasteiger partial charge >= 0.3 is 0 Å². The lowest BCUT2D eigenvalue weighted by atomic mass is 10.1. The second-order valence-corrected chi connectivity index (χ2v) is 4.87. The first-order valence-corrected chi connectivity index (χ1v) is 6.50. The summed E-state index contributed by atoms with van der Waals surface area (Å²) in [7, 11) is 0. The van der Waals surface area contributed by atoms with E-state index in [0.717, 1.165) is 18.4 Å². The standard InChI is InChI=1S/C14H17N3O3/c1-9(18)15-12-6-2-10(3-7-12)8-13(19)16-17-14(20)11-4-5-11/h2-3,6-7,11H,4-5,8H2,1H3,(H,15,18)(H,16,19)(H,17,20). The number of hydrogen-bond donors (Lipinski definition) is 3. The van der Waals surface area contributed by atoms with Crippen LogP contribution in [0.4, 0.5) is 5.69 Å². The summed E-state index contributed by atoms with van der Waals surface area (Å²) in [6.07, 6.45) is 1.96. The average molecular weight is 275 g/mol. The molecule has 0 aromatic heterocycles. The van der Waals surface area contributed by atoms with Gasteiger partial charge in [0.05, 0.1) is 6.42 Å². The second-order valence-electron chi connectivity index (χ2n) is 4.87. The minimum Gasteiger partial charge on any atom is -0.326 e. The molecule has 106 valence electrons. The summed E-state index contributed by atoms with van der Waals surface area (Å²) in [5.41, 5.74) is 6.28. The minimum absolute atomic E-state index is 0.0623. The molecule has 1 aliphatic carbocycles. The van der Waals surface area contributed by atoms with Crippen LogP contribution in [0.1, 0.15) is 25.3 Å². The van der Waals surface area contributed by atoms with Crippen molar-refractivity contribution in [2.45, 2.75) is 26.2 Å². The lowest BCUT2D eigenvalue weighted by Gasteiger charge is -2.07. The molecule has 0 aliphatic heterocycles. The van der Waals surface area contributed by atoms with Gasteiger partial charge in [-0.15, -0.1) is 0 Å². The van der Waals surface area contributed by atoms with E-state index in [1.807, 2.05) is 0 Å². The third kappa shape index (κ3) is 4.38. The maximum Gasteiger partial charge on any atom is 0.242 e. The van der Waals surface area contributed by atoms with Crippen molar-refractivity contribution in [3.8, 4) is 0 Å². The lowest BCUT2D eigenvalue weighted by molar-refractivity contribution is -0.129. The summed E-state index contributed by atoms with van der Waals surface area (Å²) < 4.78 is 0. The zero-order valence-electron chi connectivity index (χ0n) is 11.2. The summed E-state index contributed by atoms with van der Waals surface area (Å²) in [5, 5.41) is 2.65. The van der Waals surface area contributed by atoms with Gasteiger partial charge in [0.2, 0.25) is 17.7 Å². The van der Waals surface area contributed by atoms with Gasteiger partial charge in [-0.1, -0.05) is 12.1 Å². The van der Waals surface area contributed by atoms with Gasteiger partial charge in [-0.25, -0.2) is 0 Å². The van der Waals surface area contributed by atoms with Crippen molar-refractivity contribution < 1.29 is 14.4 Å². The molecule has 0 bridgehead atoms. The van der Waals surface area contributed by atoms with Crippen LogP contribution in [-0.2, 0) is 20.8 Å². The van der Waals surface area contributed by atoms with E-state index in [4.69, 9.17) is 0 Å². The molecule has 6 nitrogen and oxygen atoms in total. The Morgan fingerprint density at radius 1 is 1.10 bits per heavy atom. The molecular formula is C14H17N3O3. The van der Waals surface area contributed by atoms with Crippen molar-refractivity contribution in [3.63, 3.8) is 0 Å². The van der Waals surface area contributed by atoms with Gasteiger partial charge in [0.25, 0.3) is 0 Å². The van der Waals surface area contributed by atoms with Crippen molar-refractivity contribution in [1.82, 2.24) is 10.9 Å². The first kappa shape index (κ1) is 14.0. The van der Waals surface area contributed by atoms with Crippen molar-refractivity contribution in [3.05, 3.63) is 29.8 Å². The van der Waals surface area contributed by atoms with Crippen molar-refractivity contribution in [2.75, 3.05) is 5.32 Å². The predicted octanol–water partition coefficient (Wildman–Crippen LogP) is 0.745. The van der Waals surface area contributed by atoms with E-state index in [9.17, 15) is 14.4 Å². The van der Waals surface area contributed by atoms with Crippen LogP contribution in [0, 0.1) is 5.92 Å². The number of carbonyl (C=O) groups is 3.